The Morgan fingerprint density at radius 2 is 1.27 bits per heavy atom. The minimum Gasteiger partial charge on any atom is -0.496 e. The van der Waals surface area contributed by atoms with E-state index in [1.807, 2.05) is 84.9 Å². The molecule has 0 saturated carbocycles. The fourth-order valence-corrected chi connectivity index (χ4v) is 5.40. The summed E-state index contributed by atoms with van der Waals surface area (Å²) < 4.78 is 23.4. The van der Waals surface area contributed by atoms with Gasteiger partial charge < -0.3 is 24.1 Å². The molecule has 4 aromatic carbocycles. The first kappa shape index (κ1) is 36.3. The molecule has 48 heavy (non-hydrogen) atoms. The largest absolute Gasteiger partial charge is 0.496 e. The van der Waals surface area contributed by atoms with Gasteiger partial charge in [-0.25, -0.2) is 0 Å². The molecule has 0 aliphatic carbocycles. The summed E-state index contributed by atoms with van der Waals surface area (Å²) in [5.41, 5.74) is 3.46. The van der Waals surface area contributed by atoms with Crippen LogP contribution in [0.4, 0.5) is 0 Å². The Hall–Kier alpha value is -4.55. The van der Waals surface area contributed by atoms with E-state index in [4.69, 9.17) is 18.9 Å². The minimum absolute atomic E-state index is 0.257. The molecule has 1 N–H and O–H groups in total. The van der Waals surface area contributed by atoms with Crippen LogP contribution in [0.2, 0.25) is 0 Å². The van der Waals surface area contributed by atoms with Crippen LogP contribution in [0, 0.1) is 0 Å². The van der Waals surface area contributed by atoms with Crippen LogP contribution in [0.15, 0.2) is 103 Å². The van der Waals surface area contributed by atoms with Gasteiger partial charge in [0.25, 0.3) is 0 Å². The summed E-state index contributed by atoms with van der Waals surface area (Å²) in [5.74, 6) is 1.90. The van der Waals surface area contributed by atoms with Gasteiger partial charge >= 0.3 is 5.97 Å². The van der Waals surface area contributed by atoms with Crippen LogP contribution in [-0.4, -0.2) is 18.2 Å². The van der Waals surface area contributed by atoms with Crippen molar-refractivity contribution < 1.29 is 28.8 Å². The van der Waals surface area contributed by atoms with Crippen molar-refractivity contribution >= 4 is 12.0 Å². The first-order valence-corrected chi connectivity index (χ1v) is 17.3. The highest BCUT2D eigenvalue weighted by Crippen LogP contribution is 2.33. The molecular weight excluding hydrogens is 600 g/mol. The molecule has 0 spiro atoms. The van der Waals surface area contributed by atoms with Crippen LogP contribution < -0.4 is 18.9 Å². The van der Waals surface area contributed by atoms with Gasteiger partial charge in [-0.15, -0.1) is 0 Å². The first-order chi connectivity index (χ1) is 23.6. The summed E-state index contributed by atoms with van der Waals surface area (Å²) in [7, 11) is 1.53. The van der Waals surface area contributed by atoms with E-state index in [0.717, 1.165) is 36.0 Å². The van der Waals surface area contributed by atoms with E-state index in [1.165, 1.54) is 45.6 Å². The molecule has 0 aliphatic heterocycles. The third-order valence-corrected chi connectivity index (χ3v) is 8.17. The average Bonchev–Trinajstić information content (AvgIpc) is 3.12. The van der Waals surface area contributed by atoms with E-state index in [-0.39, 0.29) is 5.97 Å². The molecule has 254 valence electrons. The Morgan fingerprint density at radius 1 is 0.688 bits per heavy atom. The summed E-state index contributed by atoms with van der Waals surface area (Å²) in [4.78, 5) is 12.5. The van der Waals surface area contributed by atoms with Crippen LogP contribution >= 0.6 is 0 Å². The summed E-state index contributed by atoms with van der Waals surface area (Å²) in [5, 5.41) is 11.1. The SMILES string of the molecule is CCCCCCCCCCCC(=O)Oc1ccc(C(O)C=Cc2ccc(OCc3ccccc3)cc2OCc2ccccc2)c(OC)c1. The van der Waals surface area contributed by atoms with Crippen molar-refractivity contribution in [3.8, 4) is 23.0 Å². The van der Waals surface area contributed by atoms with E-state index in [1.54, 1.807) is 24.3 Å². The van der Waals surface area contributed by atoms with Crippen LogP contribution in [-0.2, 0) is 18.0 Å². The van der Waals surface area contributed by atoms with Crippen molar-refractivity contribution in [1.82, 2.24) is 0 Å². The zero-order valence-corrected chi connectivity index (χ0v) is 28.4. The average molecular weight is 651 g/mol. The lowest BCUT2D eigenvalue weighted by Crippen LogP contribution is -2.08. The second-order valence-corrected chi connectivity index (χ2v) is 12.0. The Bertz CT molecular complexity index is 1530. The molecule has 1 atom stereocenters. The highest BCUT2D eigenvalue weighted by Gasteiger charge is 2.15. The molecular formula is C42H50O6. The highest BCUT2D eigenvalue weighted by atomic mass is 16.5. The Kier molecular flexibility index (Phi) is 15.6. The standard InChI is InChI=1S/C42H50O6/c1-3-4-5-6-7-8-9-10-17-22-42(44)48-37-26-27-38(41(30-37)45-2)39(43)28-24-35-23-25-36(46-31-33-18-13-11-14-19-33)29-40(35)47-32-34-20-15-12-16-21-34/h11-16,18-21,23-30,39,43H,3-10,17,22,31-32H2,1-2H3. The third-order valence-electron chi connectivity index (χ3n) is 8.17. The molecule has 4 rings (SSSR count). The zero-order chi connectivity index (χ0) is 33.8. The smallest absolute Gasteiger partial charge is 0.311 e. The molecule has 1 unspecified atom stereocenters. The van der Waals surface area contributed by atoms with Gasteiger partial charge in [0, 0.05) is 29.7 Å². The van der Waals surface area contributed by atoms with Gasteiger partial charge in [-0.2, -0.15) is 0 Å². The lowest BCUT2D eigenvalue weighted by molar-refractivity contribution is -0.134. The first-order valence-electron chi connectivity index (χ1n) is 17.3. The maximum absolute atomic E-state index is 12.5. The predicted octanol–water partition coefficient (Wildman–Crippen LogP) is 10.4. The predicted molar refractivity (Wildman–Crippen MR) is 192 cm³/mol. The van der Waals surface area contributed by atoms with Crippen molar-refractivity contribution in [1.29, 1.82) is 0 Å². The summed E-state index contributed by atoms with van der Waals surface area (Å²) in [6, 6.07) is 30.7. The molecule has 0 radical (unpaired) electrons. The number of benzene rings is 4. The van der Waals surface area contributed by atoms with Gasteiger partial charge in [0.1, 0.15) is 42.3 Å². The number of rotatable bonds is 21. The number of hydrogen-bond acceptors (Lipinski definition) is 6. The van der Waals surface area contributed by atoms with Crippen molar-refractivity contribution in [2.45, 2.75) is 90.4 Å². The molecule has 0 aromatic heterocycles. The van der Waals surface area contributed by atoms with Gasteiger partial charge in [0.05, 0.1) is 7.11 Å². The topological polar surface area (TPSA) is 74.2 Å². The Labute approximate surface area is 286 Å². The number of methoxy groups -OCH3 is 1. The molecule has 6 nitrogen and oxygen atoms in total. The lowest BCUT2D eigenvalue weighted by atomic mass is 10.1. The van der Waals surface area contributed by atoms with Gasteiger partial charge in [-0.1, -0.05) is 131 Å². The maximum atomic E-state index is 12.5. The number of aliphatic hydroxyl groups excluding tert-OH is 1. The van der Waals surface area contributed by atoms with E-state index in [0.29, 0.717) is 48.2 Å². The van der Waals surface area contributed by atoms with E-state index in [9.17, 15) is 9.90 Å². The van der Waals surface area contributed by atoms with Gasteiger partial charge in [-0.3, -0.25) is 4.79 Å². The highest BCUT2D eigenvalue weighted by molar-refractivity contribution is 5.72. The lowest BCUT2D eigenvalue weighted by Gasteiger charge is -2.15. The molecule has 4 aromatic rings. The van der Waals surface area contributed by atoms with Crippen LogP contribution in [0.5, 0.6) is 23.0 Å². The van der Waals surface area contributed by atoms with Crippen molar-refractivity contribution in [3.63, 3.8) is 0 Å². The van der Waals surface area contributed by atoms with Crippen LogP contribution in [0.3, 0.4) is 0 Å². The summed E-state index contributed by atoms with van der Waals surface area (Å²) in [6.07, 6.45) is 13.6. The molecule has 6 heteroatoms. The van der Waals surface area contributed by atoms with Gasteiger partial charge in [0.2, 0.25) is 0 Å². The fraction of sp³-hybridized carbons (Fsp3) is 0.357. The molecule has 0 bridgehead atoms. The Balaban J connectivity index is 1.35. The number of ether oxygens (including phenoxy) is 4. The van der Waals surface area contributed by atoms with E-state index in [2.05, 4.69) is 6.92 Å². The second-order valence-electron chi connectivity index (χ2n) is 12.0. The normalized spacial score (nSPS) is 11.7. The minimum atomic E-state index is -0.970. The van der Waals surface area contributed by atoms with Crippen LogP contribution in [0.1, 0.15) is 99.5 Å². The van der Waals surface area contributed by atoms with Gasteiger partial charge in [0.15, 0.2) is 0 Å². The monoisotopic (exact) mass is 650 g/mol. The summed E-state index contributed by atoms with van der Waals surface area (Å²) in [6.45, 7) is 3.06. The number of unbranched alkanes of at least 4 members (excludes halogenated alkanes) is 8. The zero-order valence-electron chi connectivity index (χ0n) is 28.4. The third kappa shape index (κ3) is 12.6. The van der Waals surface area contributed by atoms with Crippen molar-refractivity contribution in [2.75, 3.05) is 7.11 Å². The maximum Gasteiger partial charge on any atom is 0.311 e. The van der Waals surface area contributed by atoms with Crippen molar-refractivity contribution in [3.05, 3.63) is 125 Å². The van der Waals surface area contributed by atoms with Crippen LogP contribution in [0.25, 0.3) is 6.08 Å². The molecule has 0 saturated heterocycles. The Morgan fingerprint density at radius 3 is 1.92 bits per heavy atom. The second kappa shape index (κ2) is 20.6. The number of carbonyl (C=O) groups is 1. The van der Waals surface area contributed by atoms with Gasteiger partial charge in [-0.05, 0) is 41.8 Å². The molecule has 0 heterocycles. The summed E-state index contributed by atoms with van der Waals surface area (Å²) >= 11 is 0. The molecule has 0 aliphatic rings. The quantitative estimate of drug-likeness (QED) is 0.0550. The number of hydrogen-bond donors (Lipinski definition) is 1. The molecule has 0 fully saturated rings. The van der Waals surface area contributed by atoms with E-state index >= 15 is 0 Å². The number of carbonyl (C=O) groups excluding carboxylic acids is 1. The number of aliphatic hydroxyl groups is 1. The number of esters is 1. The molecule has 0 amide bonds. The van der Waals surface area contributed by atoms with Crippen molar-refractivity contribution in [2.24, 2.45) is 0 Å². The fourth-order valence-electron chi connectivity index (χ4n) is 5.40. The van der Waals surface area contributed by atoms with E-state index < -0.39 is 6.10 Å².